The number of rotatable bonds is 0. The maximum Gasteiger partial charge on any atom is 1.00 e. The summed E-state index contributed by atoms with van der Waals surface area (Å²) in [5.41, 5.74) is 0. The fourth-order valence-corrected chi connectivity index (χ4v) is 1.38. The van der Waals surface area contributed by atoms with Crippen LogP contribution in [0.3, 0.4) is 0 Å². The summed E-state index contributed by atoms with van der Waals surface area (Å²) in [5.74, 6) is 0.727. The molecule has 0 saturated carbocycles. The van der Waals surface area contributed by atoms with Gasteiger partial charge in [-0.05, 0) is 13.0 Å². The first kappa shape index (κ1) is 9.98. The number of fused-ring (bicyclic) bond motifs is 1. The molecule has 0 spiro atoms. The minimum Gasteiger partial charge on any atom is -0.740 e. The van der Waals surface area contributed by atoms with E-state index in [4.69, 9.17) is 12.6 Å². The molecule has 0 aliphatic carbocycles. The molecule has 1 aromatic heterocycles. The summed E-state index contributed by atoms with van der Waals surface area (Å²) in [6.45, 7) is 2.04. The third-order valence-electron chi connectivity index (χ3n) is 1.66. The molecule has 1 aliphatic rings. The van der Waals surface area contributed by atoms with Gasteiger partial charge in [0.05, 0.1) is 6.04 Å². The van der Waals surface area contributed by atoms with Gasteiger partial charge < -0.3 is 22.5 Å². The monoisotopic (exact) mass is 190 g/mol. The Kier molecular flexibility index (Phi) is 3.11. The van der Waals surface area contributed by atoms with E-state index in [-0.39, 0.29) is 35.6 Å². The molecule has 2 rings (SSSR count). The van der Waals surface area contributed by atoms with E-state index in [0.717, 1.165) is 5.95 Å². The molecule has 0 fully saturated rings. The van der Waals surface area contributed by atoms with Gasteiger partial charge in [-0.1, -0.05) is 0 Å². The van der Waals surface area contributed by atoms with E-state index in [1.807, 2.05) is 23.8 Å². The average molecular weight is 190 g/mol. The Hall–Kier alpha value is -0.100. The SMILES string of the molecule is CC1C=CNc2nnc([S-])n21.[Na+]. The second kappa shape index (κ2) is 3.74. The Bertz CT molecular complexity index is 308. The predicted molar refractivity (Wildman–Crippen MR) is 43.1 cm³/mol. The van der Waals surface area contributed by atoms with Crippen LogP contribution >= 0.6 is 0 Å². The molecule has 58 valence electrons. The molecule has 0 bridgehead atoms. The molecule has 0 radical (unpaired) electrons. The van der Waals surface area contributed by atoms with Gasteiger partial charge >= 0.3 is 29.6 Å². The van der Waals surface area contributed by atoms with Crippen LogP contribution in [0.5, 0.6) is 0 Å². The maximum absolute atomic E-state index is 4.96. The fourth-order valence-electron chi connectivity index (χ4n) is 1.09. The topological polar surface area (TPSA) is 42.7 Å². The molecule has 12 heavy (non-hydrogen) atoms. The van der Waals surface area contributed by atoms with E-state index >= 15 is 0 Å². The largest absolute Gasteiger partial charge is 1.00 e. The van der Waals surface area contributed by atoms with Gasteiger partial charge in [0.2, 0.25) is 5.95 Å². The van der Waals surface area contributed by atoms with Crippen molar-refractivity contribution in [1.29, 1.82) is 0 Å². The van der Waals surface area contributed by atoms with Crippen LogP contribution in [0.4, 0.5) is 5.95 Å². The van der Waals surface area contributed by atoms with Crippen LogP contribution in [-0.2, 0) is 12.6 Å². The first-order valence-corrected chi connectivity index (χ1v) is 3.75. The minimum absolute atomic E-state index is 0. The van der Waals surface area contributed by atoms with E-state index in [2.05, 4.69) is 15.5 Å². The molecule has 0 saturated heterocycles. The van der Waals surface area contributed by atoms with Gasteiger partial charge in [-0.2, -0.15) is 5.10 Å². The fraction of sp³-hybridized carbons (Fsp3) is 0.333. The number of nitrogens with zero attached hydrogens (tertiary/aromatic N) is 3. The number of hydrogen-bond acceptors (Lipinski definition) is 4. The predicted octanol–water partition coefficient (Wildman–Crippen LogP) is -2.31. The van der Waals surface area contributed by atoms with Crippen LogP contribution in [0.15, 0.2) is 17.4 Å². The second-order valence-electron chi connectivity index (χ2n) is 2.42. The van der Waals surface area contributed by atoms with Gasteiger partial charge in [0, 0.05) is 11.4 Å². The Morgan fingerprint density at radius 1 is 1.58 bits per heavy atom. The molecule has 1 atom stereocenters. The molecule has 1 aliphatic heterocycles. The van der Waals surface area contributed by atoms with Crippen molar-refractivity contribution in [2.24, 2.45) is 0 Å². The number of anilines is 1. The quantitative estimate of drug-likeness (QED) is 0.369. The summed E-state index contributed by atoms with van der Waals surface area (Å²) < 4.78 is 1.87. The molecule has 0 aromatic carbocycles. The minimum atomic E-state index is 0. The molecule has 6 heteroatoms. The van der Waals surface area contributed by atoms with Crippen LogP contribution in [0.1, 0.15) is 13.0 Å². The van der Waals surface area contributed by atoms with Crippen LogP contribution in [0.2, 0.25) is 0 Å². The van der Waals surface area contributed by atoms with E-state index in [1.54, 1.807) is 0 Å². The standard InChI is InChI=1S/C6H8N4S.Na/c1-4-2-3-7-5-8-9-6(11)10(4)5;/h2-4H,1H3,(H,7,8)(H,9,11);/q;+1/p-1. The zero-order valence-electron chi connectivity index (χ0n) is 6.98. The van der Waals surface area contributed by atoms with Crippen molar-refractivity contribution in [2.45, 2.75) is 18.1 Å². The Labute approximate surface area is 98.1 Å². The first-order chi connectivity index (χ1) is 5.29. The molecule has 4 nitrogen and oxygen atoms in total. The third-order valence-corrected chi connectivity index (χ3v) is 1.94. The van der Waals surface area contributed by atoms with Gasteiger partial charge in [-0.3, -0.25) is 0 Å². The van der Waals surface area contributed by atoms with Crippen molar-refractivity contribution < 1.29 is 29.6 Å². The van der Waals surface area contributed by atoms with Gasteiger partial charge in [0.15, 0.2) is 0 Å². The molecule has 2 heterocycles. The number of allylic oxidation sites excluding steroid dienone is 1. The summed E-state index contributed by atoms with van der Waals surface area (Å²) in [7, 11) is 0. The van der Waals surface area contributed by atoms with Gasteiger partial charge in [0.25, 0.3) is 0 Å². The Morgan fingerprint density at radius 3 is 3.00 bits per heavy atom. The maximum atomic E-state index is 4.96. The van der Waals surface area contributed by atoms with Crippen LogP contribution in [0.25, 0.3) is 0 Å². The van der Waals surface area contributed by atoms with Crippen molar-refractivity contribution >= 4 is 18.6 Å². The molecule has 0 amide bonds. The summed E-state index contributed by atoms with van der Waals surface area (Å²) in [5, 5.41) is 11.1. The third kappa shape index (κ3) is 1.50. The van der Waals surface area contributed by atoms with Crippen molar-refractivity contribution in [3.63, 3.8) is 0 Å². The molecule has 1 unspecified atom stereocenters. The van der Waals surface area contributed by atoms with Gasteiger partial charge in [0.1, 0.15) is 0 Å². The number of hydrogen-bond donors (Lipinski definition) is 1. The van der Waals surface area contributed by atoms with Crippen molar-refractivity contribution in [3.8, 4) is 0 Å². The molecular weight excluding hydrogens is 183 g/mol. The van der Waals surface area contributed by atoms with Crippen molar-refractivity contribution in [3.05, 3.63) is 12.3 Å². The van der Waals surface area contributed by atoms with Crippen LogP contribution in [-0.4, -0.2) is 14.8 Å². The van der Waals surface area contributed by atoms with E-state index in [0.29, 0.717) is 5.16 Å². The summed E-state index contributed by atoms with van der Waals surface area (Å²) in [6.07, 6.45) is 3.86. The molecule has 1 aromatic rings. The summed E-state index contributed by atoms with van der Waals surface area (Å²) >= 11 is 4.96. The number of nitrogens with one attached hydrogen (secondary N) is 1. The molecule has 1 N–H and O–H groups in total. The summed E-state index contributed by atoms with van der Waals surface area (Å²) in [4.78, 5) is 0. The zero-order chi connectivity index (χ0) is 7.84. The molecular formula is C6H7N4NaS. The van der Waals surface area contributed by atoms with E-state index in [1.165, 1.54) is 0 Å². The van der Waals surface area contributed by atoms with E-state index in [9.17, 15) is 0 Å². The van der Waals surface area contributed by atoms with E-state index < -0.39 is 0 Å². The smallest absolute Gasteiger partial charge is 0.740 e. The average Bonchev–Trinajstić information content (AvgIpc) is 2.34. The van der Waals surface area contributed by atoms with Gasteiger partial charge in [-0.15, -0.1) is 5.10 Å². The number of aromatic nitrogens is 3. The van der Waals surface area contributed by atoms with Gasteiger partial charge in [-0.25, -0.2) is 0 Å². The van der Waals surface area contributed by atoms with Crippen molar-refractivity contribution in [2.75, 3.05) is 5.32 Å². The zero-order valence-corrected chi connectivity index (χ0v) is 9.80. The first-order valence-electron chi connectivity index (χ1n) is 3.34. The normalized spacial score (nSPS) is 19.2. The van der Waals surface area contributed by atoms with Crippen LogP contribution < -0.4 is 34.9 Å². The van der Waals surface area contributed by atoms with Crippen LogP contribution in [0, 0.1) is 0 Å². The Balaban J connectivity index is 0.000000720. The Morgan fingerprint density at radius 2 is 2.33 bits per heavy atom. The second-order valence-corrected chi connectivity index (χ2v) is 2.79. The summed E-state index contributed by atoms with van der Waals surface area (Å²) in [6, 6.07) is 0.258. The van der Waals surface area contributed by atoms with Crippen molar-refractivity contribution in [1.82, 2.24) is 14.8 Å².